The Morgan fingerprint density at radius 3 is 0.716 bits per heavy atom. The van der Waals surface area contributed by atoms with E-state index in [0.717, 1.165) is 10.8 Å². The zero-order valence-corrected chi connectivity index (χ0v) is 44.2. The Labute approximate surface area is 437 Å². The summed E-state index contributed by atoms with van der Waals surface area (Å²) in [5, 5.41) is 1.80. The molecule has 0 amide bonds. The fraction of sp³-hybridized carbons (Fsp3) is 0.571. The summed E-state index contributed by atoms with van der Waals surface area (Å²) in [4.78, 5) is 10.6. The Bertz CT molecular complexity index is 2000. The molecule has 0 radical (unpaired) electrons. The summed E-state index contributed by atoms with van der Waals surface area (Å²) in [7, 11) is 0. The van der Waals surface area contributed by atoms with Crippen molar-refractivity contribution in [3.63, 3.8) is 0 Å². The zero-order chi connectivity index (χ0) is 51.9. The van der Waals surface area contributed by atoms with Crippen molar-refractivity contribution in [1.82, 2.24) is 9.97 Å². The van der Waals surface area contributed by atoms with E-state index < -0.39 is 0 Å². The largest absolute Gasteiger partial charge is 0.490 e. The summed E-state index contributed by atoms with van der Waals surface area (Å²) >= 11 is 0. The van der Waals surface area contributed by atoms with E-state index in [2.05, 4.69) is 0 Å². The second-order valence-corrected chi connectivity index (χ2v) is 15.9. The number of hydrogen-bond donors (Lipinski definition) is 0. The summed E-state index contributed by atoms with van der Waals surface area (Å²) < 4.78 is 92.7. The Morgan fingerprint density at radius 1 is 0.257 bits per heavy atom. The monoisotopic (exact) mass is 1040 g/mol. The van der Waals surface area contributed by atoms with Gasteiger partial charge in [-0.2, -0.15) is 0 Å². The first-order chi connectivity index (χ1) is 36.7. The number of pyridine rings is 2. The molecule has 18 nitrogen and oxygen atoms in total. The molecule has 0 unspecified atom stereocenters. The smallest absolute Gasteiger partial charge is 0.132 e. The third-order valence-electron chi connectivity index (χ3n) is 10.7. The van der Waals surface area contributed by atoms with Crippen molar-refractivity contribution in [1.29, 1.82) is 0 Å². The normalized spacial score (nSPS) is 11.5. The first kappa shape index (κ1) is 60.1. The van der Waals surface area contributed by atoms with Crippen LogP contribution in [0.15, 0.2) is 72.8 Å². The third-order valence-corrected chi connectivity index (χ3v) is 10.7. The summed E-state index contributed by atoms with van der Waals surface area (Å²) in [5.41, 5.74) is 4.04. The van der Waals surface area contributed by atoms with Crippen LogP contribution < -0.4 is 18.9 Å². The van der Waals surface area contributed by atoms with E-state index in [-0.39, 0.29) is 0 Å². The van der Waals surface area contributed by atoms with Gasteiger partial charge in [0.2, 0.25) is 0 Å². The molecular formula is C56H80N2O16. The first-order valence-electron chi connectivity index (χ1n) is 26.1. The van der Waals surface area contributed by atoms with Gasteiger partial charge in [-0.15, -0.1) is 0 Å². The van der Waals surface area contributed by atoms with E-state index in [4.69, 9.17) is 85.8 Å². The second-order valence-electron chi connectivity index (χ2n) is 15.9. The van der Waals surface area contributed by atoms with Gasteiger partial charge < -0.3 is 75.8 Å². The molecule has 0 aliphatic rings. The maximum Gasteiger partial charge on any atom is 0.132 e. The molecule has 2 heterocycles. The van der Waals surface area contributed by atoms with Crippen molar-refractivity contribution < 1.29 is 75.8 Å². The van der Waals surface area contributed by atoms with E-state index in [1.807, 2.05) is 100 Å². The highest BCUT2D eigenvalue weighted by atomic mass is 16.6. The Morgan fingerprint density at radius 2 is 0.473 bits per heavy atom. The lowest BCUT2D eigenvalue weighted by Crippen LogP contribution is -2.14. The number of hydrogen-bond acceptors (Lipinski definition) is 18. The minimum atomic E-state index is 0.292. The van der Waals surface area contributed by atoms with Crippen LogP contribution in [0.4, 0.5) is 0 Å². The fourth-order valence-electron chi connectivity index (χ4n) is 7.23. The average molecular weight is 1040 g/mol. The molecule has 18 heteroatoms. The van der Waals surface area contributed by atoms with E-state index in [9.17, 15) is 0 Å². The molecule has 0 spiro atoms. The van der Waals surface area contributed by atoms with Gasteiger partial charge in [0.1, 0.15) is 49.4 Å². The van der Waals surface area contributed by atoms with Crippen molar-refractivity contribution in [2.45, 2.75) is 27.7 Å². The predicted octanol–water partition coefficient (Wildman–Crippen LogP) is 7.91. The van der Waals surface area contributed by atoms with Crippen LogP contribution in [0, 0.1) is 0 Å². The molecule has 3 aromatic carbocycles. The maximum atomic E-state index is 6.40. The van der Waals surface area contributed by atoms with Gasteiger partial charge in [-0.3, -0.25) is 0 Å². The molecule has 0 atom stereocenters. The quantitative estimate of drug-likeness (QED) is 0.0271. The fourth-order valence-corrected chi connectivity index (χ4v) is 7.23. The van der Waals surface area contributed by atoms with E-state index >= 15 is 0 Å². The lowest BCUT2D eigenvalue weighted by molar-refractivity contribution is 0.0110. The topological polar surface area (TPSA) is 173 Å². The predicted molar refractivity (Wildman–Crippen MR) is 282 cm³/mol. The van der Waals surface area contributed by atoms with Crippen LogP contribution in [0.5, 0.6) is 23.0 Å². The van der Waals surface area contributed by atoms with Gasteiger partial charge >= 0.3 is 0 Å². The number of nitrogens with zero attached hydrogens (tertiary/aromatic N) is 2. The average Bonchev–Trinajstić information content (AvgIpc) is 3.42. The number of rotatable bonds is 46. The van der Waals surface area contributed by atoms with E-state index in [1.54, 1.807) is 0 Å². The molecule has 0 fully saturated rings. The summed E-state index contributed by atoms with van der Waals surface area (Å²) in [6.07, 6.45) is 0. The van der Waals surface area contributed by atoms with E-state index in [0.29, 0.717) is 242 Å². The van der Waals surface area contributed by atoms with Crippen LogP contribution >= 0.6 is 0 Å². The molecule has 0 N–H and O–H groups in total. The lowest BCUT2D eigenvalue weighted by Gasteiger charge is -2.18. The SMILES string of the molecule is CCOCCOCCOCCOc1cccc(OCCOCCOCCOCC)c1-c1ccc2ccc3ccc(-c4c(OCCOCCOCCOCC)cccc4OCCOCCOCCOCC)nc3c2n1. The van der Waals surface area contributed by atoms with Crippen LogP contribution in [-0.4, -0.2) is 195 Å². The maximum absolute atomic E-state index is 6.40. The molecular weight excluding hydrogens is 957 g/mol. The van der Waals surface area contributed by atoms with Gasteiger partial charge in [0.25, 0.3) is 0 Å². The highest BCUT2D eigenvalue weighted by Gasteiger charge is 2.20. The summed E-state index contributed by atoms with van der Waals surface area (Å²) in [6, 6.07) is 23.5. The van der Waals surface area contributed by atoms with Crippen LogP contribution in [0.3, 0.4) is 0 Å². The van der Waals surface area contributed by atoms with Gasteiger partial charge in [-0.05, 0) is 64.1 Å². The van der Waals surface area contributed by atoms with Crippen molar-refractivity contribution in [2.75, 3.05) is 185 Å². The highest BCUT2D eigenvalue weighted by molar-refractivity contribution is 6.04. The lowest BCUT2D eigenvalue weighted by atomic mass is 10.0. The Hall–Kier alpha value is -4.80. The van der Waals surface area contributed by atoms with Crippen LogP contribution in [0.2, 0.25) is 0 Å². The minimum Gasteiger partial charge on any atom is -0.490 e. The van der Waals surface area contributed by atoms with Crippen LogP contribution in [0.1, 0.15) is 27.7 Å². The van der Waals surface area contributed by atoms with Crippen molar-refractivity contribution >= 4 is 21.8 Å². The molecule has 5 rings (SSSR count). The molecule has 2 aromatic heterocycles. The molecule has 0 saturated heterocycles. The number of aromatic nitrogens is 2. The van der Waals surface area contributed by atoms with Crippen molar-refractivity contribution in [3.05, 3.63) is 72.8 Å². The van der Waals surface area contributed by atoms with Gasteiger partial charge in [-0.25, -0.2) is 9.97 Å². The molecule has 410 valence electrons. The van der Waals surface area contributed by atoms with Crippen molar-refractivity contribution in [3.8, 4) is 45.5 Å². The van der Waals surface area contributed by atoms with Gasteiger partial charge in [0, 0.05) is 37.2 Å². The molecule has 5 aromatic rings. The summed E-state index contributed by atoms with van der Waals surface area (Å²) in [6.45, 7) is 20.9. The molecule has 74 heavy (non-hydrogen) atoms. The Kier molecular flexibility index (Phi) is 31.4. The molecule has 0 bridgehead atoms. The van der Waals surface area contributed by atoms with Gasteiger partial charge in [0.05, 0.1) is 166 Å². The molecule has 0 aliphatic heterocycles. The number of benzene rings is 3. The second kappa shape index (κ2) is 38.7. The minimum absolute atomic E-state index is 0.292. The third kappa shape index (κ3) is 22.6. The highest BCUT2D eigenvalue weighted by Crippen LogP contribution is 2.41. The number of ether oxygens (including phenoxy) is 16. The van der Waals surface area contributed by atoms with Gasteiger partial charge in [0.15, 0.2) is 0 Å². The molecule has 0 aliphatic carbocycles. The van der Waals surface area contributed by atoms with Gasteiger partial charge in [-0.1, -0.05) is 36.4 Å². The van der Waals surface area contributed by atoms with Crippen LogP contribution in [0.25, 0.3) is 44.3 Å². The molecule has 0 saturated carbocycles. The van der Waals surface area contributed by atoms with Crippen LogP contribution in [-0.2, 0) is 56.8 Å². The first-order valence-corrected chi connectivity index (χ1v) is 26.1. The summed E-state index contributed by atoms with van der Waals surface area (Å²) in [5.74, 6) is 2.36. The standard InChI is InChI=1S/C56H80N2O16/c1-5-59-21-25-63-29-33-67-37-41-71-49-11-9-12-50(72-42-38-68-34-30-64-26-22-60-6-2)53(49)47-19-17-45-15-16-46-18-20-48(58-56(46)55(45)57-47)54-51(73-43-39-69-35-31-65-27-23-61-7-3)13-10-14-52(54)74-44-40-70-36-32-66-28-24-62-8-4/h9-20H,5-8,21-44H2,1-4H3. The van der Waals surface area contributed by atoms with E-state index in [1.165, 1.54) is 0 Å². The Balaban J connectivity index is 1.38. The zero-order valence-electron chi connectivity index (χ0n) is 44.2. The van der Waals surface area contributed by atoms with Crippen molar-refractivity contribution in [2.24, 2.45) is 0 Å². The number of fused-ring (bicyclic) bond motifs is 3.